The van der Waals surface area contributed by atoms with Crippen LogP contribution in [-0.2, 0) is 34.7 Å². The highest BCUT2D eigenvalue weighted by Crippen LogP contribution is 2.47. The minimum atomic E-state index is -2.15. The summed E-state index contributed by atoms with van der Waals surface area (Å²) >= 11 is 0. The highest BCUT2D eigenvalue weighted by atomic mass is 16.6. The van der Waals surface area contributed by atoms with E-state index in [1.807, 2.05) is 36.4 Å². The molecule has 258 valence electrons. The molecule has 0 bridgehead atoms. The van der Waals surface area contributed by atoms with E-state index in [0.717, 1.165) is 16.5 Å². The van der Waals surface area contributed by atoms with Gasteiger partial charge in [-0.15, -0.1) is 0 Å². The van der Waals surface area contributed by atoms with Crippen LogP contribution in [0.5, 0.6) is 0 Å². The number of carbonyl (C=O) groups excluding carboxylic acids is 2. The second-order valence-corrected chi connectivity index (χ2v) is 13.0. The summed E-state index contributed by atoms with van der Waals surface area (Å²) in [6.45, 7) is 1.86. The lowest BCUT2D eigenvalue weighted by Gasteiger charge is -2.36. The quantitative estimate of drug-likeness (QED) is 0.130. The van der Waals surface area contributed by atoms with Crippen molar-refractivity contribution in [2.75, 3.05) is 11.5 Å². The van der Waals surface area contributed by atoms with E-state index in [0.29, 0.717) is 35.3 Å². The Morgan fingerprint density at radius 1 is 1.04 bits per heavy atom. The Hall–Kier alpha value is -5.98. The summed E-state index contributed by atoms with van der Waals surface area (Å²) < 4.78 is 1.30. The first kappa shape index (κ1) is 33.5. The van der Waals surface area contributed by atoms with Gasteiger partial charge in [0.05, 0.1) is 47.1 Å². The number of hydrogen-bond acceptors (Lipinski definition) is 8. The van der Waals surface area contributed by atoms with Crippen LogP contribution in [0.25, 0.3) is 16.5 Å². The van der Waals surface area contributed by atoms with Crippen molar-refractivity contribution < 1.29 is 24.7 Å². The van der Waals surface area contributed by atoms with Gasteiger partial charge < -0.3 is 20.0 Å². The third-order valence-electron chi connectivity index (χ3n) is 9.94. The topological polar surface area (TPSA) is 159 Å². The Bertz CT molecular complexity index is 2270. The maximum Gasteiger partial charge on any atom is 0.279 e. The summed E-state index contributed by atoms with van der Waals surface area (Å²) in [5, 5.41) is 39.4. The van der Waals surface area contributed by atoms with Crippen molar-refractivity contribution in [3.05, 3.63) is 152 Å². The first-order valence-corrected chi connectivity index (χ1v) is 16.6. The molecule has 4 aromatic carbocycles. The Kier molecular flexibility index (Phi) is 8.79. The lowest BCUT2D eigenvalue weighted by atomic mass is 9.82. The molecule has 3 heterocycles. The van der Waals surface area contributed by atoms with Gasteiger partial charge in [0.25, 0.3) is 17.2 Å². The van der Waals surface area contributed by atoms with Gasteiger partial charge in [-0.25, -0.2) is 0 Å². The zero-order valence-corrected chi connectivity index (χ0v) is 27.8. The monoisotopic (exact) mass is 685 g/mol. The molecule has 2 aliphatic rings. The number of benzene rings is 4. The van der Waals surface area contributed by atoms with Crippen molar-refractivity contribution in [2.24, 2.45) is 5.92 Å². The van der Waals surface area contributed by atoms with E-state index in [1.54, 1.807) is 66.6 Å². The normalized spacial score (nSPS) is 19.0. The van der Waals surface area contributed by atoms with Crippen molar-refractivity contribution in [2.45, 2.75) is 44.5 Å². The zero-order chi connectivity index (χ0) is 35.9. The molecule has 0 fully saturated rings. The summed E-state index contributed by atoms with van der Waals surface area (Å²) in [5.74, 6) is -1.74. The highest BCUT2D eigenvalue weighted by molar-refractivity contribution is 6.07. The number of carbonyl (C=O) groups is 2. The van der Waals surface area contributed by atoms with Crippen molar-refractivity contribution >= 4 is 34.0 Å². The second kappa shape index (κ2) is 13.4. The number of nitro groups is 1. The van der Waals surface area contributed by atoms with E-state index in [2.05, 4.69) is 5.10 Å². The SMILES string of the molecule is C[C@@H](/C=C/CC(=O)N1Cc2ccccc2C[C@H]1CO)[C@]1(O)C(=O)N(Cc2ccc(-n3ncc4ccccc4c3=O)cc2)c2ccc([N+](=O)[O-])cc21. The molecule has 1 aromatic heterocycles. The van der Waals surface area contributed by atoms with Gasteiger partial charge in [0.2, 0.25) is 5.91 Å². The predicted molar refractivity (Wildman–Crippen MR) is 190 cm³/mol. The first-order valence-electron chi connectivity index (χ1n) is 16.6. The summed E-state index contributed by atoms with van der Waals surface area (Å²) in [5.41, 5.74) is 1.07. The van der Waals surface area contributed by atoms with Crippen molar-refractivity contribution in [3.8, 4) is 5.69 Å². The molecule has 7 rings (SSSR count). The standard InChI is InChI=1S/C39H35N5O7/c1-25(7-6-12-36(46)41-23-29-10-3-2-8-27(29)19-32(41)24-45)39(49)34-20-31(44(50)51)17-18-35(34)42(38(39)48)22-26-13-15-30(16-14-26)43-37(47)33-11-5-4-9-28(33)21-40-43/h2-11,13-18,20-21,25,32,45,49H,12,19,22-24H2,1H3/b7-6+/t25-,32-,39+/m0/s1. The average molecular weight is 686 g/mol. The number of fused-ring (bicyclic) bond motifs is 3. The molecule has 0 saturated heterocycles. The van der Waals surface area contributed by atoms with Crippen LogP contribution in [0.4, 0.5) is 11.4 Å². The summed E-state index contributed by atoms with van der Waals surface area (Å²) in [7, 11) is 0. The number of hydrogen-bond donors (Lipinski definition) is 2. The molecular weight excluding hydrogens is 650 g/mol. The number of aliphatic hydroxyl groups excluding tert-OH is 1. The number of non-ortho nitro benzene ring substituents is 1. The van der Waals surface area contributed by atoms with Crippen LogP contribution in [-0.4, -0.2) is 54.3 Å². The molecule has 51 heavy (non-hydrogen) atoms. The van der Waals surface area contributed by atoms with Gasteiger partial charge in [-0.3, -0.25) is 24.5 Å². The van der Waals surface area contributed by atoms with E-state index < -0.39 is 22.3 Å². The fraction of sp³-hybridized carbons (Fsp3) is 0.231. The number of rotatable bonds is 9. The van der Waals surface area contributed by atoms with E-state index in [4.69, 9.17) is 0 Å². The lowest BCUT2D eigenvalue weighted by molar-refractivity contribution is -0.385. The fourth-order valence-electron chi connectivity index (χ4n) is 7.08. The molecule has 12 nitrogen and oxygen atoms in total. The molecule has 0 aliphatic carbocycles. The third-order valence-corrected chi connectivity index (χ3v) is 9.94. The average Bonchev–Trinajstić information content (AvgIpc) is 3.36. The summed E-state index contributed by atoms with van der Waals surface area (Å²) in [6.07, 6.45) is 5.31. The number of nitrogens with zero attached hydrogens (tertiary/aromatic N) is 5. The van der Waals surface area contributed by atoms with Crippen LogP contribution in [0.2, 0.25) is 0 Å². The fourth-order valence-corrected chi connectivity index (χ4v) is 7.08. The number of anilines is 1. The summed E-state index contributed by atoms with van der Waals surface area (Å²) in [4.78, 5) is 54.7. The molecular formula is C39H35N5O7. The molecule has 0 unspecified atom stereocenters. The zero-order valence-electron chi connectivity index (χ0n) is 27.8. The van der Waals surface area contributed by atoms with E-state index in [-0.39, 0.29) is 48.3 Å². The highest BCUT2D eigenvalue weighted by Gasteiger charge is 2.53. The Balaban J connectivity index is 1.12. The maximum absolute atomic E-state index is 14.1. The maximum atomic E-state index is 14.1. The molecule has 2 N–H and O–H groups in total. The molecule has 0 spiro atoms. The third kappa shape index (κ3) is 5.98. The molecule has 5 aromatic rings. The summed E-state index contributed by atoms with van der Waals surface area (Å²) in [6, 6.07) is 25.5. The Labute approximate surface area is 292 Å². The second-order valence-electron chi connectivity index (χ2n) is 13.0. The molecule has 2 amide bonds. The molecule has 3 atom stereocenters. The van der Waals surface area contributed by atoms with Crippen molar-refractivity contribution in [1.82, 2.24) is 14.7 Å². The molecule has 12 heteroatoms. The van der Waals surface area contributed by atoms with Gasteiger partial charge >= 0.3 is 0 Å². The largest absolute Gasteiger partial charge is 0.394 e. The van der Waals surface area contributed by atoms with Gasteiger partial charge in [-0.1, -0.05) is 73.7 Å². The van der Waals surface area contributed by atoms with Gasteiger partial charge in [-0.05, 0) is 47.4 Å². The molecule has 0 saturated carbocycles. The van der Waals surface area contributed by atoms with E-state index >= 15 is 0 Å². The Morgan fingerprint density at radius 3 is 2.51 bits per heavy atom. The van der Waals surface area contributed by atoms with E-state index in [1.165, 1.54) is 27.8 Å². The minimum absolute atomic E-state index is 0.0275. The van der Waals surface area contributed by atoms with Crippen LogP contribution in [0.15, 0.2) is 114 Å². The number of amides is 2. The smallest absolute Gasteiger partial charge is 0.279 e. The minimum Gasteiger partial charge on any atom is -0.394 e. The Morgan fingerprint density at radius 2 is 1.76 bits per heavy atom. The lowest BCUT2D eigenvalue weighted by Crippen LogP contribution is -2.46. The number of aliphatic hydroxyl groups is 2. The van der Waals surface area contributed by atoms with Gasteiger partial charge in [0.1, 0.15) is 0 Å². The van der Waals surface area contributed by atoms with Crippen LogP contribution in [0.3, 0.4) is 0 Å². The first-order chi connectivity index (χ1) is 24.6. The van der Waals surface area contributed by atoms with Crippen LogP contribution < -0.4 is 10.5 Å². The number of nitro benzene ring substituents is 1. The van der Waals surface area contributed by atoms with Crippen LogP contribution >= 0.6 is 0 Å². The number of aromatic nitrogens is 2. The van der Waals surface area contributed by atoms with Crippen molar-refractivity contribution in [3.63, 3.8) is 0 Å². The van der Waals surface area contributed by atoms with Crippen LogP contribution in [0.1, 0.15) is 35.6 Å². The molecule has 2 aliphatic heterocycles. The predicted octanol–water partition coefficient (Wildman–Crippen LogP) is 4.56. The van der Waals surface area contributed by atoms with Gasteiger partial charge in [0, 0.05) is 42.0 Å². The van der Waals surface area contributed by atoms with Crippen molar-refractivity contribution in [1.29, 1.82) is 0 Å². The van der Waals surface area contributed by atoms with Crippen LogP contribution in [0, 0.1) is 16.0 Å². The van der Waals surface area contributed by atoms with E-state index in [9.17, 15) is 34.7 Å². The van der Waals surface area contributed by atoms with Gasteiger partial charge in [0.15, 0.2) is 5.60 Å². The molecule has 0 radical (unpaired) electrons. The van der Waals surface area contributed by atoms with Gasteiger partial charge in [-0.2, -0.15) is 9.78 Å².